The molecule has 0 atom stereocenters. The van der Waals surface area contributed by atoms with Crippen molar-refractivity contribution in [3.8, 4) is 0 Å². The van der Waals surface area contributed by atoms with Crippen LogP contribution >= 0.6 is 0 Å². The molecule has 0 aliphatic heterocycles. The average Bonchev–Trinajstić information content (AvgIpc) is 1.91. The van der Waals surface area contributed by atoms with Crippen LogP contribution in [0.15, 0.2) is 30.3 Å². The second-order valence-electron chi connectivity index (χ2n) is 1.55. The van der Waals surface area contributed by atoms with Crippen LogP contribution < -0.4 is 0 Å². The Morgan fingerprint density at radius 2 is 1.89 bits per heavy atom. The first kappa shape index (κ1) is 6.23. The van der Waals surface area contributed by atoms with E-state index in [9.17, 15) is 4.21 Å². The number of rotatable bonds is 1. The van der Waals surface area contributed by atoms with Crippen molar-refractivity contribution in [3.63, 3.8) is 0 Å². The van der Waals surface area contributed by atoms with E-state index in [-0.39, 0.29) is 0 Å². The van der Waals surface area contributed by atoms with E-state index < -0.39 is 0 Å². The molecule has 0 bridgehead atoms. The van der Waals surface area contributed by atoms with Crippen LogP contribution in [0, 0.1) is 0 Å². The van der Waals surface area contributed by atoms with Crippen LogP contribution in [0.25, 0.3) is 0 Å². The van der Waals surface area contributed by atoms with E-state index in [1.165, 1.54) is 0 Å². The Labute approximate surface area is 57.4 Å². The summed E-state index contributed by atoms with van der Waals surface area (Å²) < 4.78 is 9.90. The summed E-state index contributed by atoms with van der Waals surface area (Å²) in [4.78, 5) is 0. The van der Waals surface area contributed by atoms with E-state index in [2.05, 4.69) is 5.37 Å². The van der Waals surface area contributed by atoms with Gasteiger partial charge in [-0.3, -0.25) is 0 Å². The van der Waals surface area contributed by atoms with Gasteiger partial charge in [-0.05, 0) is 5.56 Å². The minimum atomic E-state index is 0.355. The van der Waals surface area contributed by atoms with Gasteiger partial charge in [0.25, 0.3) is 0 Å². The van der Waals surface area contributed by atoms with Gasteiger partial charge in [-0.25, -0.2) is 4.21 Å². The van der Waals surface area contributed by atoms with Gasteiger partial charge in [0, 0.05) is 0 Å². The predicted molar refractivity (Wildman–Crippen MR) is 38.7 cm³/mol. The van der Waals surface area contributed by atoms with E-state index in [0.717, 1.165) is 5.56 Å². The van der Waals surface area contributed by atoms with Crippen LogP contribution in [0.2, 0.25) is 0 Å². The average molecular weight is 137 g/mol. The smallest absolute Gasteiger partial charge is 0.0988 e. The van der Waals surface area contributed by atoms with Crippen LogP contribution in [-0.2, 0) is 11.3 Å². The molecule has 0 N–H and O–H groups in total. The lowest BCUT2D eigenvalue weighted by molar-refractivity contribution is 0.701. The lowest BCUT2D eigenvalue weighted by atomic mass is 10.2. The maximum atomic E-state index is 9.90. The van der Waals surface area contributed by atoms with Gasteiger partial charge in [0.1, 0.15) is 0 Å². The second-order valence-corrected chi connectivity index (χ2v) is 1.92. The summed E-state index contributed by atoms with van der Waals surface area (Å²) in [6.07, 6.45) is 0. The van der Waals surface area contributed by atoms with Gasteiger partial charge in [0.15, 0.2) is 0 Å². The van der Waals surface area contributed by atoms with Crippen molar-refractivity contribution >= 4 is 16.6 Å². The molecular formula is C7H5OS. The Bertz CT molecular complexity index is 224. The van der Waals surface area contributed by atoms with Crippen molar-refractivity contribution in [1.82, 2.24) is 0 Å². The summed E-state index contributed by atoms with van der Waals surface area (Å²) in [7, 11) is 0. The zero-order valence-electron chi connectivity index (χ0n) is 4.70. The lowest BCUT2D eigenvalue weighted by Crippen LogP contribution is -1.75. The maximum Gasteiger partial charge on any atom is 0.0988 e. The van der Waals surface area contributed by atoms with Gasteiger partial charge >= 0.3 is 0 Å². The monoisotopic (exact) mass is 137 g/mol. The third-order valence-corrected chi connectivity index (χ3v) is 1.25. The van der Waals surface area contributed by atoms with Crippen molar-refractivity contribution in [2.24, 2.45) is 0 Å². The summed E-state index contributed by atoms with van der Waals surface area (Å²) >= 11 is 0.355. The van der Waals surface area contributed by atoms with E-state index in [4.69, 9.17) is 0 Å². The van der Waals surface area contributed by atoms with Crippen molar-refractivity contribution in [1.29, 1.82) is 0 Å². The third kappa shape index (κ3) is 1.82. The summed E-state index contributed by atoms with van der Waals surface area (Å²) in [6, 6.07) is 9.33. The molecule has 0 unspecified atom stereocenters. The van der Waals surface area contributed by atoms with Crippen molar-refractivity contribution in [2.75, 3.05) is 0 Å². The zero-order chi connectivity index (χ0) is 6.53. The zero-order valence-corrected chi connectivity index (χ0v) is 5.52. The molecule has 1 rings (SSSR count). The largest absolute Gasteiger partial charge is 0.212 e. The molecule has 1 aromatic rings. The second kappa shape index (κ2) is 3.20. The molecule has 9 heavy (non-hydrogen) atoms. The Morgan fingerprint density at radius 1 is 1.22 bits per heavy atom. The Morgan fingerprint density at radius 3 is 2.44 bits per heavy atom. The molecule has 0 saturated carbocycles. The fraction of sp³-hybridized carbons (Fsp3) is 0. The van der Waals surface area contributed by atoms with Gasteiger partial charge in [0.2, 0.25) is 0 Å². The van der Waals surface area contributed by atoms with E-state index in [1.807, 2.05) is 30.3 Å². The molecule has 0 heterocycles. The normalized spacial score (nSPS) is 8.44. The molecule has 0 aliphatic rings. The number of hydrogen-bond donors (Lipinski definition) is 0. The molecule has 0 aliphatic carbocycles. The predicted octanol–water partition coefficient (Wildman–Crippen LogP) is 0.927. The van der Waals surface area contributed by atoms with Crippen molar-refractivity contribution < 1.29 is 4.21 Å². The van der Waals surface area contributed by atoms with Gasteiger partial charge in [-0.1, -0.05) is 30.3 Å². The van der Waals surface area contributed by atoms with E-state index in [0.29, 0.717) is 11.3 Å². The van der Waals surface area contributed by atoms with Crippen LogP contribution in [0.3, 0.4) is 0 Å². The highest BCUT2D eigenvalue weighted by molar-refractivity contribution is 7.65. The number of benzene rings is 1. The lowest BCUT2D eigenvalue weighted by Gasteiger charge is -1.82. The fourth-order valence-electron chi connectivity index (χ4n) is 0.554. The first-order valence-electron chi connectivity index (χ1n) is 2.53. The third-order valence-electron chi connectivity index (χ3n) is 0.933. The van der Waals surface area contributed by atoms with Crippen molar-refractivity contribution in [2.45, 2.75) is 0 Å². The van der Waals surface area contributed by atoms with Crippen molar-refractivity contribution in [3.05, 3.63) is 35.9 Å². The van der Waals surface area contributed by atoms with Crippen LogP contribution in [0.1, 0.15) is 5.56 Å². The molecular weight excluding hydrogens is 132 g/mol. The molecule has 1 radical (unpaired) electrons. The molecule has 0 fully saturated rings. The first-order chi connectivity index (χ1) is 4.43. The Balaban J connectivity index is 2.97. The highest BCUT2D eigenvalue weighted by Gasteiger charge is 1.80. The van der Waals surface area contributed by atoms with Crippen LogP contribution in [0.5, 0.6) is 0 Å². The molecule has 0 spiro atoms. The number of hydrogen-bond acceptors (Lipinski definition) is 1. The Kier molecular flexibility index (Phi) is 2.22. The standard InChI is InChI=1S/C7H5OS/c8-9-6-7-4-2-1-3-5-7/h1-5H. The van der Waals surface area contributed by atoms with Gasteiger partial charge < -0.3 is 0 Å². The maximum absolute atomic E-state index is 9.90. The summed E-state index contributed by atoms with van der Waals surface area (Å²) in [5.74, 6) is 0. The SMILES string of the molecule is O=S=[C]c1ccccc1. The van der Waals surface area contributed by atoms with Gasteiger partial charge in [-0.2, -0.15) is 0 Å². The molecule has 0 amide bonds. The van der Waals surface area contributed by atoms with Crippen LogP contribution in [-0.4, -0.2) is 9.58 Å². The highest BCUT2D eigenvalue weighted by atomic mass is 32.1. The Hall–Kier alpha value is -0.890. The molecule has 0 aromatic heterocycles. The fourth-order valence-corrected chi connectivity index (χ4v) is 0.787. The molecule has 45 valence electrons. The summed E-state index contributed by atoms with van der Waals surface area (Å²) in [6.45, 7) is 0. The summed E-state index contributed by atoms with van der Waals surface area (Å²) in [5.41, 5.74) is 0.845. The van der Waals surface area contributed by atoms with E-state index in [1.54, 1.807) is 0 Å². The highest BCUT2D eigenvalue weighted by Crippen LogP contribution is 1.91. The van der Waals surface area contributed by atoms with Gasteiger partial charge in [0.05, 0.1) is 16.6 Å². The minimum Gasteiger partial charge on any atom is -0.212 e. The van der Waals surface area contributed by atoms with E-state index >= 15 is 0 Å². The molecule has 1 aromatic carbocycles. The molecule has 1 nitrogen and oxygen atoms in total. The van der Waals surface area contributed by atoms with Gasteiger partial charge in [-0.15, -0.1) is 0 Å². The summed E-state index contributed by atoms with van der Waals surface area (Å²) in [5, 5.41) is 2.57. The topological polar surface area (TPSA) is 17.1 Å². The first-order valence-corrected chi connectivity index (χ1v) is 3.27. The quantitative estimate of drug-likeness (QED) is 0.526. The minimum absolute atomic E-state index is 0.355. The van der Waals surface area contributed by atoms with Crippen LogP contribution in [0.4, 0.5) is 0 Å². The molecule has 2 heteroatoms. The molecule has 0 saturated heterocycles.